The lowest BCUT2D eigenvalue weighted by Gasteiger charge is -2.32. The molecule has 1 saturated heterocycles. The third kappa shape index (κ3) is 4.96. The molecule has 1 aliphatic rings. The molecule has 0 radical (unpaired) electrons. The van der Waals surface area contributed by atoms with Crippen LogP contribution in [0.15, 0.2) is 54.6 Å². The standard InChI is InChI=1S/C20H21ClN2O3S/c1-2-17(12-26-20(25)22-16-6-4-3-5-7-16)23-18(24)13-27-19(23)14-8-10-15(21)11-9-14/h3-11,17,19H,2,12-13H2,1H3,(H,22,25)/t17-,19+/m0/s1. The van der Waals surface area contributed by atoms with Gasteiger partial charge in [-0.2, -0.15) is 0 Å². The minimum atomic E-state index is -0.526. The first-order valence-corrected chi connectivity index (χ1v) is 10.2. The Morgan fingerprint density at radius 2 is 1.96 bits per heavy atom. The summed E-state index contributed by atoms with van der Waals surface area (Å²) in [5.74, 6) is 0.471. The first-order valence-electron chi connectivity index (χ1n) is 8.75. The third-order valence-corrected chi connectivity index (χ3v) is 5.83. The number of ether oxygens (including phenoxy) is 1. The molecule has 0 spiro atoms. The minimum absolute atomic E-state index is 0.0545. The number of hydrogen-bond donors (Lipinski definition) is 1. The fraction of sp³-hybridized carbons (Fsp3) is 0.300. The van der Waals surface area contributed by atoms with Gasteiger partial charge in [-0.05, 0) is 36.2 Å². The summed E-state index contributed by atoms with van der Waals surface area (Å²) >= 11 is 7.55. The number of halogens is 1. The smallest absolute Gasteiger partial charge is 0.411 e. The Morgan fingerprint density at radius 3 is 2.63 bits per heavy atom. The van der Waals surface area contributed by atoms with Crippen LogP contribution in [0, 0.1) is 0 Å². The van der Waals surface area contributed by atoms with E-state index in [1.54, 1.807) is 23.9 Å². The van der Waals surface area contributed by atoms with E-state index in [2.05, 4.69) is 5.32 Å². The number of nitrogens with zero attached hydrogens (tertiary/aromatic N) is 1. The van der Waals surface area contributed by atoms with Gasteiger partial charge in [0.15, 0.2) is 0 Å². The summed E-state index contributed by atoms with van der Waals surface area (Å²) in [5.41, 5.74) is 1.69. The van der Waals surface area contributed by atoms with Crippen molar-refractivity contribution >= 4 is 41.1 Å². The SMILES string of the molecule is CC[C@@H](COC(=O)Nc1ccccc1)N1C(=O)CS[C@@H]1c1ccc(Cl)cc1. The van der Waals surface area contributed by atoms with E-state index in [0.29, 0.717) is 22.9 Å². The van der Waals surface area contributed by atoms with Crippen LogP contribution in [0.2, 0.25) is 5.02 Å². The maximum atomic E-state index is 12.5. The molecule has 2 aromatic carbocycles. The van der Waals surface area contributed by atoms with E-state index in [-0.39, 0.29) is 23.9 Å². The number of carbonyl (C=O) groups excluding carboxylic acids is 2. The van der Waals surface area contributed by atoms with E-state index in [1.807, 2.05) is 54.3 Å². The number of amides is 2. The first-order chi connectivity index (χ1) is 13.1. The molecule has 1 fully saturated rings. The second kappa shape index (κ2) is 9.15. The Labute approximate surface area is 168 Å². The molecular weight excluding hydrogens is 384 g/mol. The summed E-state index contributed by atoms with van der Waals surface area (Å²) in [7, 11) is 0. The molecule has 5 nitrogen and oxygen atoms in total. The van der Waals surface area contributed by atoms with E-state index in [1.165, 1.54) is 0 Å². The topological polar surface area (TPSA) is 58.6 Å². The van der Waals surface area contributed by atoms with Gasteiger partial charge in [0.25, 0.3) is 0 Å². The molecule has 0 unspecified atom stereocenters. The molecule has 0 aromatic heterocycles. The molecule has 1 N–H and O–H groups in total. The molecule has 27 heavy (non-hydrogen) atoms. The highest BCUT2D eigenvalue weighted by Crippen LogP contribution is 2.40. The maximum absolute atomic E-state index is 12.5. The molecule has 142 valence electrons. The number of para-hydroxylation sites is 1. The lowest BCUT2D eigenvalue weighted by molar-refractivity contribution is -0.131. The quantitative estimate of drug-likeness (QED) is 0.740. The third-order valence-electron chi connectivity index (χ3n) is 4.35. The van der Waals surface area contributed by atoms with Gasteiger partial charge >= 0.3 is 6.09 Å². The zero-order chi connectivity index (χ0) is 19.2. The molecule has 7 heteroatoms. The van der Waals surface area contributed by atoms with Gasteiger partial charge in [0.05, 0.1) is 11.8 Å². The Hall–Kier alpha value is -2.18. The van der Waals surface area contributed by atoms with Gasteiger partial charge in [-0.3, -0.25) is 10.1 Å². The number of benzene rings is 2. The predicted molar refractivity (Wildman–Crippen MR) is 109 cm³/mol. The summed E-state index contributed by atoms with van der Waals surface area (Å²) in [6.07, 6.45) is 0.164. The van der Waals surface area contributed by atoms with Crippen molar-refractivity contribution in [2.24, 2.45) is 0 Å². The van der Waals surface area contributed by atoms with Crippen LogP contribution in [0.25, 0.3) is 0 Å². The van der Waals surface area contributed by atoms with Gasteiger partial charge in [0.2, 0.25) is 5.91 Å². The Balaban J connectivity index is 1.64. The summed E-state index contributed by atoms with van der Waals surface area (Å²) in [6.45, 7) is 2.13. The number of hydrogen-bond acceptors (Lipinski definition) is 4. The molecular formula is C20H21ClN2O3S. The average molecular weight is 405 g/mol. The zero-order valence-electron chi connectivity index (χ0n) is 14.9. The van der Waals surface area contributed by atoms with Gasteiger partial charge in [-0.1, -0.05) is 48.9 Å². The summed E-state index contributed by atoms with van der Waals surface area (Å²) < 4.78 is 5.39. The van der Waals surface area contributed by atoms with Crippen LogP contribution >= 0.6 is 23.4 Å². The zero-order valence-corrected chi connectivity index (χ0v) is 16.5. The Morgan fingerprint density at radius 1 is 1.26 bits per heavy atom. The summed E-state index contributed by atoms with van der Waals surface area (Å²) in [5, 5.41) is 3.25. The van der Waals surface area contributed by atoms with Crippen molar-refractivity contribution in [2.75, 3.05) is 17.7 Å². The molecule has 0 aliphatic carbocycles. The lowest BCUT2D eigenvalue weighted by Crippen LogP contribution is -2.41. The first kappa shape index (κ1) is 19.6. The van der Waals surface area contributed by atoms with Crippen LogP contribution in [0.5, 0.6) is 0 Å². The van der Waals surface area contributed by atoms with E-state index >= 15 is 0 Å². The predicted octanol–water partition coefficient (Wildman–Crippen LogP) is 4.94. The van der Waals surface area contributed by atoms with E-state index in [9.17, 15) is 9.59 Å². The second-order valence-corrected chi connectivity index (χ2v) is 7.67. The van der Waals surface area contributed by atoms with Crippen molar-refractivity contribution in [1.29, 1.82) is 0 Å². The van der Waals surface area contributed by atoms with Crippen molar-refractivity contribution in [3.05, 3.63) is 65.2 Å². The fourth-order valence-electron chi connectivity index (χ4n) is 2.96. The number of thioether (sulfide) groups is 1. The normalized spacial score (nSPS) is 17.6. The van der Waals surface area contributed by atoms with Crippen molar-refractivity contribution in [3.8, 4) is 0 Å². The van der Waals surface area contributed by atoms with Crippen molar-refractivity contribution < 1.29 is 14.3 Å². The van der Waals surface area contributed by atoms with Crippen molar-refractivity contribution in [3.63, 3.8) is 0 Å². The summed E-state index contributed by atoms with van der Waals surface area (Å²) in [6, 6.07) is 16.4. The van der Waals surface area contributed by atoms with Crippen molar-refractivity contribution in [1.82, 2.24) is 4.90 Å². The Kier molecular flexibility index (Phi) is 6.63. The maximum Gasteiger partial charge on any atom is 0.411 e. The van der Waals surface area contributed by atoms with Gasteiger partial charge in [-0.15, -0.1) is 11.8 Å². The van der Waals surface area contributed by atoms with Gasteiger partial charge in [0, 0.05) is 10.7 Å². The number of carbonyl (C=O) groups is 2. The van der Waals surface area contributed by atoms with Crippen LogP contribution in [0.1, 0.15) is 24.3 Å². The van der Waals surface area contributed by atoms with Crippen LogP contribution in [-0.4, -0.2) is 35.3 Å². The average Bonchev–Trinajstić information content (AvgIpc) is 3.05. The summed E-state index contributed by atoms with van der Waals surface area (Å²) in [4.78, 5) is 26.4. The van der Waals surface area contributed by atoms with Crippen LogP contribution in [-0.2, 0) is 9.53 Å². The van der Waals surface area contributed by atoms with Gasteiger partial charge in [0.1, 0.15) is 12.0 Å². The molecule has 3 rings (SSSR count). The van der Waals surface area contributed by atoms with Crippen LogP contribution in [0.4, 0.5) is 10.5 Å². The molecule has 1 aliphatic heterocycles. The molecule has 1 heterocycles. The van der Waals surface area contributed by atoms with Gasteiger partial charge in [-0.25, -0.2) is 4.79 Å². The molecule has 2 atom stereocenters. The number of anilines is 1. The highest BCUT2D eigenvalue weighted by Gasteiger charge is 2.37. The molecule has 2 aromatic rings. The fourth-order valence-corrected chi connectivity index (χ4v) is 4.33. The number of rotatable bonds is 6. The molecule has 2 amide bonds. The molecule has 0 bridgehead atoms. The Bertz CT molecular complexity index is 786. The van der Waals surface area contributed by atoms with Gasteiger partial charge < -0.3 is 9.64 Å². The largest absolute Gasteiger partial charge is 0.447 e. The highest BCUT2D eigenvalue weighted by molar-refractivity contribution is 8.00. The second-order valence-electron chi connectivity index (χ2n) is 6.17. The molecule has 0 saturated carbocycles. The van der Waals surface area contributed by atoms with E-state index in [0.717, 1.165) is 5.56 Å². The minimum Gasteiger partial charge on any atom is -0.447 e. The highest BCUT2D eigenvalue weighted by atomic mass is 35.5. The number of nitrogens with one attached hydrogen (secondary N) is 1. The van der Waals surface area contributed by atoms with Crippen LogP contribution < -0.4 is 5.32 Å². The van der Waals surface area contributed by atoms with E-state index < -0.39 is 6.09 Å². The monoisotopic (exact) mass is 404 g/mol. The van der Waals surface area contributed by atoms with Crippen molar-refractivity contribution in [2.45, 2.75) is 24.8 Å². The van der Waals surface area contributed by atoms with Crippen LogP contribution in [0.3, 0.4) is 0 Å². The van der Waals surface area contributed by atoms with E-state index in [4.69, 9.17) is 16.3 Å². The lowest BCUT2D eigenvalue weighted by atomic mass is 10.1.